The predicted molar refractivity (Wildman–Crippen MR) is 135 cm³/mol. The molecule has 39 heavy (non-hydrogen) atoms. The summed E-state index contributed by atoms with van der Waals surface area (Å²) in [5.74, 6) is -2.14. The number of carbonyl (C=O) groups excluding carboxylic acids is 2. The van der Waals surface area contributed by atoms with Crippen LogP contribution < -0.4 is 31.4 Å². The number of hydrogen-bond acceptors (Lipinski definition) is 6. The molecule has 1 atom stereocenters. The second-order valence-corrected chi connectivity index (χ2v) is 9.87. The zero-order valence-electron chi connectivity index (χ0n) is 21.7. The molecule has 0 unspecified atom stereocenters. The number of amides is 2. The fraction of sp³-hybridized carbons (Fsp3) is 0.538. The van der Waals surface area contributed by atoms with E-state index in [1.54, 1.807) is 18.2 Å². The molecule has 0 radical (unpaired) electrons. The zero-order chi connectivity index (χ0) is 28.4. The van der Waals surface area contributed by atoms with Gasteiger partial charge < -0.3 is 20.1 Å². The quantitative estimate of drug-likeness (QED) is 0.438. The maximum atomic E-state index is 14.6. The Labute approximate surface area is 221 Å². The Hall–Kier alpha value is -3.77. The Morgan fingerprint density at radius 2 is 1.79 bits per heavy atom. The van der Waals surface area contributed by atoms with Crippen molar-refractivity contribution in [3.63, 3.8) is 0 Å². The molecule has 10 nitrogen and oxygen atoms in total. The number of rotatable bonds is 9. The van der Waals surface area contributed by atoms with E-state index >= 15 is 0 Å². The number of methoxy groups -OCH3 is 2. The van der Waals surface area contributed by atoms with E-state index in [-0.39, 0.29) is 25.3 Å². The third kappa shape index (κ3) is 5.39. The lowest BCUT2D eigenvalue weighted by Crippen LogP contribution is -2.62. The molecule has 4 rings (SSSR count). The van der Waals surface area contributed by atoms with Crippen LogP contribution in [0.15, 0.2) is 27.8 Å². The summed E-state index contributed by atoms with van der Waals surface area (Å²) in [6, 6.07) is 4.96. The van der Waals surface area contributed by atoms with Gasteiger partial charge in [0.05, 0.1) is 14.2 Å². The highest BCUT2D eigenvalue weighted by atomic mass is 19.4. The number of H-pyrrole nitrogens is 1. The molecule has 1 aliphatic heterocycles. The number of anilines is 1. The van der Waals surface area contributed by atoms with Crippen molar-refractivity contribution in [1.29, 1.82) is 0 Å². The van der Waals surface area contributed by atoms with Gasteiger partial charge in [-0.05, 0) is 36.5 Å². The fourth-order valence-electron chi connectivity index (χ4n) is 5.40. The number of nitrogens with zero attached hydrogens (tertiary/aromatic N) is 1. The standard InChI is InChI=1S/C26H31F3N4O6/c1-38-17-10-8-16(14-18(17)39-2)12-13-33-21-20(22(35)31-24(33)37)25(23(36)30-21,26(27,28)29)32-19(34)11-9-15-6-4-3-5-7-15/h8,10,14-15H,3-7,9,11-13H2,1-2H3,(H,30,36)(H,32,34)(H,31,35,37)/t25-/m1/s1. The van der Waals surface area contributed by atoms with Gasteiger partial charge in [0.15, 0.2) is 11.5 Å². The molecule has 1 fully saturated rings. The van der Waals surface area contributed by atoms with Gasteiger partial charge in [0.25, 0.3) is 11.5 Å². The average molecular weight is 553 g/mol. The molecule has 1 aliphatic carbocycles. The predicted octanol–water partition coefficient (Wildman–Crippen LogP) is 2.98. The number of alkyl halides is 3. The lowest BCUT2D eigenvalue weighted by molar-refractivity contribution is -0.200. The Kier molecular flexibility index (Phi) is 8.07. The van der Waals surface area contributed by atoms with E-state index in [4.69, 9.17) is 9.47 Å². The summed E-state index contributed by atoms with van der Waals surface area (Å²) >= 11 is 0. The van der Waals surface area contributed by atoms with Crippen LogP contribution in [0.5, 0.6) is 11.5 Å². The fourth-order valence-corrected chi connectivity index (χ4v) is 5.40. The number of hydrogen-bond donors (Lipinski definition) is 3. The number of aromatic amines is 1. The topological polar surface area (TPSA) is 132 Å². The summed E-state index contributed by atoms with van der Waals surface area (Å²) in [7, 11) is 2.90. The van der Waals surface area contributed by atoms with Crippen molar-refractivity contribution in [1.82, 2.24) is 14.9 Å². The molecule has 13 heteroatoms. The first kappa shape index (κ1) is 28.2. The van der Waals surface area contributed by atoms with Gasteiger partial charge in [-0.2, -0.15) is 13.2 Å². The summed E-state index contributed by atoms with van der Waals surface area (Å²) in [6.07, 6.45) is -0.164. The van der Waals surface area contributed by atoms with E-state index in [2.05, 4.69) is 5.32 Å². The average Bonchev–Trinajstić information content (AvgIpc) is 3.20. The van der Waals surface area contributed by atoms with Gasteiger partial charge in [-0.15, -0.1) is 0 Å². The van der Waals surface area contributed by atoms with Crippen LogP contribution in [-0.4, -0.2) is 41.8 Å². The zero-order valence-corrected chi connectivity index (χ0v) is 21.7. The highest BCUT2D eigenvalue weighted by Gasteiger charge is 2.68. The molecule has 2 amide bonds. The van der Waals surface area contributed by atoms with E-state index in [0.29, 0.717) is 23.5 Å². The summed E-state index contributed by atoms with van der Waals surface area (Å²) in [5, 5.41) is 3.88. The number of fused-ring (bicyclic) bond motifs is 1. The molecule has 0 spiro atoms. The van der Waals surface area contributed by atoms with Crippen molar-refractivity contribution in [2.75, 3.05) is 19.5 Å². The molecule has 3 N–H and O–H groups in total. The highest BCUT2D eigenvalue weighted by Crippen LogP contribution is 2.45. The van der Waals surface area contributed by atoms with Crippen molar-refractivity contribution in [3.8, 4) is 11.5 Å². The summed E-state index contributed by atoms with van der Waals surface area (Å²) < 4.78 is 55.0. The summed E-state index contributed by atoms with van der Waals surface area (Å²) in [5.41, 5.74) is -6.43. The normalized spacial score (nSPS) is 19.4. The lowest BCUT2D eigenvalue weighted by Gasteiger charge is -2.30. The third-order valence-corrected chi connectivity index (χ3v) is 7.48. The first-order chi connectivity index (χ1) is 18.5. The number of nitrogens with one attached hydrogen (secondary N) is 3. The number of halogens is 3. The third-order valence-electron chi connectivity index (χ3n) is 7.48. The van der Waals surface area contributed by atoms with Gasteiger partial charge in [0.1, 0.15) is 11.4 Å². The largest absolute Gasteiger partial charge is 0.493 e. The van der Waals surface area contributed by atoms with Crippen LogP contribution in [0.4, 0.5) is 19.0 Å². The minimum absolute atomic E-state index is 0.140. The van der Waals surface area contributed by atoms with Gasteiger partial charge in [-0.25, -0.2) is 4.79 Å². The van der Waals surface area contributed by atoms with E-state index in [1.165, 1.54) is 14.2 Å². The SMILES string of the molecule is COc1ccc(CCn2c3c(c(=O)[nH]c2=O)[C@](NC(=O)CCC2CCCCC2)(C(F)(F)F)C(=O)N3)cc1OC. The van der Waals surface area contributed by atoms with Crippen LogP contribution >= 0.6 is 0 Å². The molecule has 1 saturated carbocycles. The van der Waals surface area contributed by atoms with Gasteiger partial charge in [-0.1, -0.05) is 38.2 Å². The van der Waals surface area contributed by atoms with Crippen LogP contribution in [0, 0.1) is 5.92 Å². The number of ether oxygens (including phenoxy) is 2. The summed E-state index contributed by atoms with van der Waals surface area (Å²) in [6.45, 7) is -0.183. The number of benzene rings is 1. The summed E-state index contributed by atoms with van der Waals surface area (Å²) in [4.78, 5) is 53.0. The van der Waals surface area contributed by atoms with E-state index in [9.17, 15) is 32.3 Å². The first-order valence-electron chi connectivity index (χ1n) is 12.8. The second-order valence-electron chi connectivity index (χ2n) is 9.87. The second kappa shape index (κ2) is 11.1. The lowest BCUT2D eigenvalue weighted by atomic mass is 9.85. The maximum Gasteiger partial charge on any atom is 0.425 e. The number of aryl methyl sites for hydroxylation is 1. The van der Waals surface area contributed by atoms with Crippen LogP contribution in [-0.2, 0) is 28.1 Å². The molecular weight excluding hydrogens is 521 g/mol. The van der Waals surface area contributed by atoms with Crippen molar-refractivity contribution >= 4 is 17.6 Å². The van der Waals surface area contributed by atoms with E-state index < -0.39 is 46.2 Å². The van der Waals surface area contributed by atoms with Gasteiger partial charge in [0.2, 0.25) is 11.4 Å². The van der Waals surface area contributed by atoms with Crippen molar-refractivity contribution in [3.05, 3.63) is 50.2 Å². The van der Waals surface area contributed by atoms with Crippen LogP contribution in [0.3, 0.4) is 0 Å². The molecule has 1 aromatic heterocycles. The van der Waals surface area contributed by atoms with Crippen LogP contribution in [0.2, 0.25) is 0 Å². The molecule has 0 bridgehead atoms. The molecule has 0 saturated heterocycles. The smallest absolute Gasteiger partial charge is 0.425 e. The Morgan fingerprint density at radius 3 is 2.44 bits per heavy atom. The van der Waals surface area contributed by atoms with Gasteiger partial charge in [-0.3, -0.25) is 23.9 Å². The number of aromatic nitrogens is 2. The van der Waals surface area contributed by atoms with Gasteiger partial charge >= 0.3 is 11.9 Å². The molecule has 2 aromatic rings. The molecular formula is C26H31F3N4O6. The monoisotopic (exact) mass is 552 g/mol. The van der Waals surface area contributed by atoms with E-state index in [1.807, 2.05) is 10.3 Å². The molecule has 2 heterocycles. The molecule has 212 valence electrons. The first-order valence-corrected chi connectivity index (χ1v) is 12.8. The molecule has 2 aliphatic rings. The molecule has 1 aromatic carbocycles. The Bertz CT molecular complexity index is 1360. The van der Waals surface area contributed by atoms with Crippen molar-refractivity contribution < 1.29 is 32.2 Å². The van der Waals surface area contributed by atoms with E-state index in [0.717, 1.165) is 36.7 Å². The minimum Gasteiger partial charge on any atom is -0.493 e. The highest BCUT2D eigenvalue weighted by molar-refractivity contribution is 6.07. The number of carbonyl (C=O) groups is 2. The minimum atomic E-state index is -5.36. The van der Waals surface area contributed by atoms with Crippen molar-refractivity contribution in [2.45, 2.75) is 69.6 Å². The van der Waals surface area contributed by atoms with Crippen LogP contribution in [0.25, 0.3) is 0 Å². The van der Waals surface area contributed by atoms with Crippen LogP contribution in [0.1, 0.15) is 56.1 Å². The van der Waals surface area contributed by atoms with Gasteiger partial charge in [0, 0.05) is 13.0 Å². The maximum absolute atomic E-state index is 14.6. The van der Waals surface area contributed by atoms with Crippen molar-refractivity contribution in [2.24, 2.45) is 5.92 Å². The Balaban J connectivity index is 1.66. The Morgan fingerprint density at radius 1 is 1.10 bits per heavy atom.